The third-order valence-corrected chi connectivity index (χ3v) is 2.24. The first-order valence-corrected chi connectivity index (χ1v) is 5.49. The summed E-state index contributed by atoms with van der Waals surface area (Å²) < 4.78 is 0. The van der Waals surface area contributed by atoms with Crippen LogP contribution in [0.15, 0.2) is 35.4 Å². The summed E-state index contributed by atoms with van der Waals surface area (Å²) in [5.41, 5.74) is 0.920. The molecule has 0 amide bonds. The van der Waals surface area contributed by atoms with E-state index >= 15 is 0 Å². The Bertz CT molecular complexity index is 396. The summed E-state index contributed by atoms with van der Waals surface area (Å²) >= 11 is 5.07. The maximum Gasteiger partial charge on any atom is 0.273 e. The van der Waals surface area contributed by atoms with Crippen molar-refractivity contribution in [2.75, 3.05) is 21.3 Å². The molecule has 0 aliphatic heterocycles. The van der Waals surface area contributed by atoms with Crippen molar-refractivity contribution in [3.63, 3.8) is 0 Å². The number of hydrazone groups is 1. The standard InChI is InChI=1S/C11H15N3O3S/c1-15-13(11(18)14(16-2)17-3)12-9-10-7-5-4-6-8-10/h4-9H,1-3H3. The SMILES string of the molecule is CON(N=Cc1ccccc1)C(=S)N(OC)OC. The van der Waals surface area contributed by atoms with Crippen LogP contribution in [-0.2, 0) is 14.5 Å². The van der Waals surface area contributed by atoms with Crippen LogP contribution in [-0.4, -0.2) is 43.1 Å². The predicted octanol–water partition coefficient (Wildman–Crippen LogP) is 1.59. The summed E-state index contributed by atoms with van der Waals surface area (Å²) in [5, 5.41) is 6.30. The largest absolute Gasteiger partial charge is 0.273 e. The van der Waals surface area contributed by atoms with Crippen molar-refractivity contribution in [3.05, 3.63) is 35.9 Å². The molecule has 0 heterocycles. The molecular weight excluding hydrogens is 254 g/mol. The van der Waals surface area contributed by atoms with E-state index in [1.165, 1.54) is 21.3 Å². The van der Waals surface area contributed by atoms with Crippen molar-refractivity contribution >= 4 is 23.5 Å². The first-order valence-electron chi connectivity index (χ1n) is 5.08. The van der Waals surface area contributed by atoms with Gasteiger partial charge in [0.2, 0.25) is 0 Å². The van der Waals surface area contributed by atoms with E-state index in [-0.39, 0.29) is 5.11 Å². The van der Waals surface area contributed by atoms with Gasteiger partial charge < -0.3 is 0 Å². The van der Waals surface area contributed by atoms with Gasteiger partial charge in [-0.25, -0.2) is 9.68 Å². The fourth-order valence-corrected chi connectivity index (χ4v) is 1.40. The van der Waals surface area contributed by atoms with Crippen molar-refractivity contribution in [1.29, 1.82) is 0 Å². The smallest absolute Gasteiger partial charge is 0.253 e. The summed E-state index contributed by atoms with van der Waals surface area (Å²) in [5.74, 6) is 0. The molecule has 0 aliphatic carbocycles. The highest BCUT2D eigenvalue weighted by molar-refractivity contribution is 7.80. The Kier molecular flexibility index (Phi) is 6.23. The Hall–Kier alpha value is -1.54. The maximum absolute atomic E-state index is 5.07. The topological polar surface area (TPSA) is 46.5 Å². The minimum absolute atomic E-state index is 0.120. The molecule has 6 nitrogen and oxygen atoms in total. The molecule has 0 fully saturated rings. The van der Waals surface area contributed by atoms with Gasteiger partial charge in [-0.3, -0.25) is 4.84 Å². The zero-order valence-electron chi connectivity index (χ0n) is 10.4. The number of thiocarbonyl (C=S) groups is 1. The van der Waals surface area contributed by atoms with Gasteiger partial charge in [0.05, 0.1) is 27.5 Å². The third kappa shape index (κ3) is 4.04. The average molecular weight is 269 g/mol. The lowest BCUT2D eigenvalue weighted by Crippen LogP contribution is -2.38. The first kappa shape index (κ1) is 14.5. The zero-order chi connectivity index (χ0) is 13.4. The van der Waals surface area contributed by atoms with Gasteiger partial charge in [0.1, 0.15) is 0 Å². The van der Waals surface area contributed by atoms with Crippen LogP contribution in [0.1, 0.15) is 5.56 Å². The maximum atomic E-state index is 5.07. The molecule has 0 spiro atoms. The van der Waals surface area contributed by atoms with Crippen LogP contribution in [0, 0.1) is 0 Å². The molecule has 0 N–H and O–H groups in total. The molecule has 1 aromatic carbocycles. The van der Waals surface area contributed by atoms with E-state index in [0.717, 1.165) is 16.0 Å². The van der Waals surface area contributed by atoms with Crippen molar-refractivity contribution in [1.82, 2.24) is 10.4 Å². The Labute approximate surface area is 111 Å². The van der Waals surface area contributed by atoms with E-state index in [9.17, 15) is 0 Å². The second kappa shape index (κ2) is 7.72. The van der Waals surface area contributed by atoms with Crippen LogP contribution in [0.4, 0.5) is 0 Å². The molecule has 98 valence electrons. The number of rotatable bonds is 5. The molecule has 0 unspecified atom stereocenters. The minimum atomic E-state index is 0.120. The molecule has 0 aromatic heterocycles. The number of nitrogens with zero attached hydrogens (tertiary/aromatic N) is 3. The predicted molar refractivity (Wildman–Crippen MR) is 71.3 cm³/mol. The zero-order valence-corrected chi connectivity index (χ0v) is 11.3. The quantitative estimate of drug-likeness (QED) is 0.459. The van der Waals surface area contributed by atoms with Gasteiger partial charge in [0, 0.05) is 0 Å². The number of hydrogen-bond donors (Lipinski definition) is 0. The van der Waals surface area contributed by atoms with Gasteiger partial charge in [-0.2, -0.15) is 5.10 Å². The molecule has 1 aromatic rings. The van der Waals surface area contributed by atoms with E-state index in [1.807, 2.05) is 30.3 Å². The molecule has 0 saturated carbocycles. The molecule has 0 radical (unpaired) electrons. The van der Waals surface area contributed by atoms with Gasteiger partial charge in [0.25, 0.3) is 5.11 Å². The molecule has 0 saturated heterocycles. The second-order valence-corrected chi connectivity index (χ2v) is 3.38. The summed E-state index contributed by atoms with van der Waals surface area (Å²) in [6, 6.07) is 9.56. The van der Waals surface area contributed by atoms with Crippen molar-refractivity contribution in [2.45, 2.75) is 0 Å². The Morgan fingerprint density at radius 3 is 2.22 bits per heavy atom. The highest BCUT2D eigenvalue weighted by Crippen LogP contribution is 2.02. The lowest BCUT2D eigenvalue weighted by Gasteiger charge is -2.23. The Morgan fingerprint density at radius 1 is 1.11 bits per heavy atom. The summed E-state index contributed by atoms with van der Waals surface area (Å²) in [6.07, 6.45) is 1.61. The normalized spacial score (nSPS) is 10.6. The van der Waals surface area contributed by atoms with E-state index in [1.54, 1.807) is 6.21 Å². The first-order chi connectivity index (χ1) is 8.72. The van der Waals surface area contributed by atoms with Crippen LogP contribution >= 0.6 is 12.2 Å². The van der Waals surface area contributed by atoms with Crippen LogP contribution < -0.4 is 0 Å². The van der Waals surface area contributed by atoms with Gasteiger partial charge in [-0.15, -0.1) is 5.17 Å². The third-order valence-electron chi connectivity index (χ3n) is 1.94. The van der Waals surface area contributed by atoms with Crippen molar-refractivity contribution in [3.8, 4) is 0 Å². The summed E-state index contributed by atoms with van der Waals surface area (Å²) in [7, 11) is 4.28. The highest BCUT2D eigenvalue weighted by atomic mass is 32.1. The van der Waals surface area contributed by atoms with Gasteiger partial charge in [-0.1, -0.05) is 35.6 Å². The van der Waals surface area contributed by atoms with E-state index < -0.39 is 0 Å². The van der Waals surface area contributed by atoms with E-state index in [2.05, 4.69) is 5.10 Å². The molecular formula is C11H15N3O3S. The number of hydroxylamine groups is 3. The Morgan fingerprint density at radius 2 is 1.72 bits per heavy atom. The van der Waals surface area contributed by atoms with Crippen molar-refractivity contribution < 1.29 is 14.5 Å². The minimum Gasteiger partial charge on any atom is -0.253 e. The molecule has 7 heteroatoms. The molecule has 1 rings (SSSR count). The van der Waals surface area contributed by atoms with Gasteiger partial charge in [0.15, 0.2) is 0 Å². The second-order valence-electron chi connectivity index (χ2n) is 3.02. The van der Waals surface area contributed by atoms with Crippen molar-refractivity contribution in [2.24, 2.45) is 5.10 Å². The fraction of sp³-hybridized carbons (Fsp3) is 0.273. The van der Waals surface area contributed by atoms with Gasteiger partial charge >= 0.3 is 0 Å². The van der Waals surface area contributed by atoms with Crippen LogP contribution in [0.5, 0.6) is 0 Å². The number of benzene rings is 1. The van der Waals surface area contributed by atoms with E-state index in [4.69, 9.17) is 26.7 Å². The van der Waals surface area contributed by atoms with E-state index in [0.29, 0.717) is 0 Å². The summed E-state index contributed by atoms with van der Waals surface area (Å²) in [6.45, 7) is 0. The molecule has 0 aliphatic rings. The number of hydrogen-bond acceptors (Lipinski definition) is 5. The van der Waals surface area contributed by atoms with Gasteiger partial charge in [-0.05, 0) is 17.8 Å². The molecule has 18 heavy (non-hydrogen) atoms. The Balaban J connectivity index is 2.73. The van der Waals surface area contributed by atoms with Crippen LogP contribution in [0.25, 0.3) is 0 Å². The fourth-order valence-electron chi connectivity index (χ4n) is 1.13. The lowest BCUT2D eigenvalue weighted by atomic mass is 10.2. The molecule has 0 atom stereocenters. The highest BCUT2D eigenvalue weighted by Gasteiger charge is 2.16. The average Bonchev–Trinajstić information content (AvgIpc) is 2.42. The summed E-state index contributed by atoms with van der Waals surface area (Å²) in [4.78, 5) is 14.8. The van der Waals surface area contributed by atoms with Crippen LogP contribution in [0.2, 0.25) is 0 Å². The molecule has 0 bridgehead atoms. The monoisotopic (exact) mass is 269 g/mol. The van der Waals surface area contributed by atoms with Crippen LogP contribution in [0.3, 0.4) is 0 Å². The lowest BCUT2D eigenvalue weighted by molar-refractivity contribution is -0.300.